The van der Waals surface area contributed by atoms with Crippen LogP contribution in [0.5, 0.6) is 0 Å². The van der Waals surface area contributed by atoms with Crippen LogP contribution in [0.1, 0.15) is 12.7 Å². The topological polar surface area (TPSA) is 104 Å². The number of nitrogens with zero attached hydrogens (tertiary/aromatic N) is 2. The molecule has 0 saturated heterocycles. The van der Waals surface area contributed by atoms with Gasteiger partial charge in [0.05, 0.1) is 16.8 Å². The molecular formula is C11H13N5O2S. The van der Waals surface area contributed by atoms with Crippen molar-refractivity contribution in [1.29, 1.82) is 0 Å². The van der Waals surface area contributed by atoms with E-state index in [2.05, 4.69) is 25.5 Å². The predicted octanol–water partition coefficient (Wildman–Crippen LogP) is 0.290. The first-order chi connectivity index (χ1) is 9.15. The number of amides is 1. The Morgan fingerprint density at radius 1 is 1.53 bits per heavy atom. The van der Waals surface area contributed by atoms with Crippen molar-refractivity contribution in [2.45, 2.75) is 23.7 Å². The molecule has 2 rings (SSSR count). The molecule has 0 unspecified atom stereocenters. The van der Waals surface area contributed by atoms with Gasteiger partial charge in [-0.25, -0.2) is 14.9 Å². The van der Waals surface area contributed by atoms with E-state index < -0.39 is 0 Å². The summed E-state index contributed by atoms with van der Waals surface area (Å²) in [7, 11) is 0. The number of thioether (sulfide) groups is 1. The molecular weight excluding hydrogens is 266 g/mol. The van der Waals surface area contributed by atoms with Gasteiger partial charge in [0.2, 0.25) is 5.91 Å². The second kappa shape index (κ2) is 6.19. The molecule has 8 heteroatoms. The van der Waals surface area contributed by atoms with Crippen LogP contribution in [0.3, 0.4) is 0 Å². The minimum atomic E-state index is -0.389. The van der Waals surface area contributed by atoms with Crippen LogP contribution in [-0.4, -0.2) is 31.3 Å². The minimum Gasteiger partial charge on any atom is -0.348 e. The Balaban J connectivity index is 1.84. The standard InChI is InChI=1S/C11H13N5O2S/c1-7(19-9-4-2-3-5-12-9)10(17)13-6-8-14-11(18)16-15-8/h2-5,7H,6H2,1H3,(H,13,17)(H2,14,15,16,18)/t7-/m1/s1. The number of H-pyrrole nitrogens is 2. The molecule has 0 fully saturated rings. The van der Waals surface area contributed by atoms with Crippen molar-refractivity contribution in [3.63, 3.8) is 0 Å². The van der Waals surface area contributed by atoms with E-state index in [4.69, 9.17) is 0 Å². The molecule has 0 aliphatic rings. The van der Waals surface area contributed by atoms with Gasteiger partial charge in [0.15, 0.2) is 0 Å². The number of rotatable bonds is 5. The molecule has 100 valence electrons. The van der Waals surface area contributed by atoms with Crippen molar-refractivity contribution in [3.05, 3.63) is 40.7 Å². The predicted molar refractivity (Wildman–Crippen MR) is 70.6 cm³/mol. The van der Waals surface area contributed by atoms with Crippen molar-refractivity contribution in [2.24, 2.45) is 0 Å². The number of carbonyl (C=O) groups is 1. The molecule has 2 aromatic rings. The van der Waals surface area contributed by atoms with E-state index in [0.717, 1.165) is 5.03 Å². The van der Waals surface area contributed by atoms with Crippen molar-refractivity contribution in [2.75, 3.05) is 0 Å². The first kappa shape index (κ1) is 13.3. The van der Waals surface area contributed by atoms with Gasteiger partial charge >= 0.3 is 5.69 Å². The maximum Gasteiger partial charge on any atom is 0.340 e. The Morgan fingerprint density at radius 3 is 3.00 bits per heavy atom. The average molecular weight is 279 g/mol. The zero-order valence-electron chi connectivity index (χ0n) is 10.2. The number of hydrogen-bond donors (Lipinski definition) is 3. The molecule has 0 aliphatic carbocycles. The largest absolute Gasteiger partial charge is 0.348 e. The molecule has 0 saturated carbocycles. The molecule has 3 N–H and O–H groups in total. The van der Waals surface area contributed by atoms with Gasteiger partial charge in [-0.3, -0.25) is 9.78 Å². The number of nitrogens with one attached hydrogen (secondary N) is 3. The lowest BCUT2D eigenvalue weighted by Gasteiger charge is -2.10. The number of aromatic amines is 2. The summed E-state index contributed by atoms with van der Waals surface area (Å²) in [5.74, 6) is 0.257. The van der Waals surface area contributed by atoms with E-state index >= 15 is 0 Å². The highest BCUT2D eigenvalue weighted by Gasteiger charge is 2.14. The maximum absolute atomic E-state index is 11.8. The van der Waals surface area contributed by atoms with Crippen molar-refractivity contribution in [3.8, 4) is 0 Å². The summed E-state index contributed by atoms with van der Waals surface area (Å²) < 4.78 is 0. The van der Waals surface area contributed by atoms with Gasteiger partial charge in [0, 0.05) is 6.20 Å². The fourth-order valence-electron chi connectivity index (χ4n) is 1.35. The SMILES string of the molecule is C[C@@H](Sc1ccccn1)C(=O)NCc1n[nH]c(=O)[nH]1. The number of pyridine rings is 1. The van der Waals surface area contributed by atoms with E-state index in [9.17, 15) is 9.59 Å². The van der Waals surface area contributed by atoms with E-state index in [0.29, 0.717) is 5.82 Å². The van der Waals surface area contributed by atoms with Crippen LogP contribution in [0.15, 0.2) is 34.2 Å². The van der Waals surface area contributed by atoms with E-state index in [1.165, 1.54) is 11.8 Å². The van der Waals surface area contributed by atoms with Crippen LogP contribution >= 0.6 is 11.8 Å². The third-order valence-electron chi connectivity index (χ3n) is 2.28. The molecule has 0 aromatic carbocycles. The summed E-state index contributed by atoms with van der Waals surface area (Å²) in [5, 5.41) is 9.14. The van der Waals surface area contributed by atoms with Gasteiger partial charge in [0.25, 0.3) is 0 Å². The van der Waals surface area contributed by atoms with Gasteiger partial charge in [-0.2, -0.15) is 5.10 Å². The second-order valence-electron chi connectivity index (χ2n) is 3.77. The van der Waals surface area contributed by atoms with Crippen molar-refractivity contribution < 1.29 is 4.79 Å². The van der Waals surface area contributed by atoms with Crippen LogP contribution in [0.2, 0.25) is 0 Å². The molecule has 2 aromatic heterocycles. The van der Waals surface area contributed by atoms with Crippen LogP contribution in [0.25, 0.3) is 0 Å². The van der Waals surface area contributed by atoms with Gasteiger partial charge < -0.3 is 5.32 Å². The Morgan fingerprint density at radius 2 is 2.37 bits per heavy atom. The zero-order valence-corrected chi connectivity index (χ0v) is 11.0. The first-order valence-corrected chi connectivity index (χ1v) is 6.52. The van der Waals surface area contributed by atoms with Crippen LogP contribution in [0, 0.1) is 0 Å². The summed E-state index contributed by atoms with van der Waals surface area (Å²) in [6.45, 7) is 1.98. The van der Waals surface area contributed by atoms with Gasteiger partial charge in [-0.05, 0) is 19.1 Å². The van der Waals surface area contributed by atoms with Crippen LogP contribution in [-0.2, 0) is 11.3 Å². The highest BCUT2D eigenvalue weighted by molar-refractivity contribution is 8.00. The lowest BCUT2D eigenvalue weighted by molar-refractivity contribution is -0.120. The van der Waals surface area contributed by atoms with Crippen LogP contribution < -0.4 is 11.0 Å². The molecule has 0 bridgehead atoms. The molecule has 0 aliphatic heterocycles. The third-order valence-corrected chi connectivity index (χ3v) is 3.34. The molecule has 0 spiro atoms. The Hall–Kier alpha value is -2.09. The van der Waals surface area contributed by atoms with Crippen molar-refractivity contribution in [1.82, 2.24) is 25.5 Å². The summed E-state index contributed by atoms with van der Waals surface area (Å²) >= 11 is 1.37. The van der Waals surface area contributed by atoms with Crippen LogP contribution in [0.4, 0.5) is 0 Å². The lowest BCUT2D eigenvalue weighted by Crippen LogP contribution is -2.30. The molecule has 1 amide bonds. The van der Waals surface area contributed by atoms with E-state index in [1.807, 2.05) is 18.2 Å². The summed E-state index contributed by atoms with van der Waals surface area (Å²) in [4.78, 5) is 29.3. The fourth-order valence-corrected chi connectivity index (χ4v) is 2.19. The van der Waals surface area contributed by atoms with Gasteiger partial charge in [-0.15, -0.1) is 0 Å². The third kappa shape index (κ3) is 3.95. The summed E-state index contributed by atoms with van der Waals surface area (Å²) in [6.07, 6.45) is 1.68. The molecule has 19 heavy (non-hydrogen) atoms. The first-order valence-electron chi connectivity index (χ1n) is 5.64. The lowest BCUT2D eigenvalue weighted by atomic mass is 10.4. The molecule has 2 heterocycles. The zero-order chi connectivity index (χ0) is 13.7. The number of hydrogen-bond acceptors (Lipinski definition) is 5. The highest BCUT2D eigenvalue weighted by atomic mass is 32.2. The normalized spacial score (nSPS) is 12.1. The monoisotopic (exact) mass is 279 g/mol. The minimum absolute atomic E-state index is 0.139. The molecule has 1 atom stereocenters. The Bertz CT molecular complexity index is 594. The number of carbonyl (C=O) groups excluding carboxylic acids is 1. The van der Waals surface area contributed by atoms with E-state index in [1.54, 1.807) is 13.1 Å². The molecule has 0 radical (unpaired) electrons. The Kier molecular flexibility index (Phi) is 4.35. The highest BCUT2D eigenvalue weighted by Crippen LogP contribution is 2.20. The second-order valence-corrected chi connectivity index (χ2v) is 5.13. The Labute approximate surface area is 113 Å². The quantitative estimate of drug-likeness (QED) is 0.682. The average Bonchev–Trinajstić information content (AvgIpc) is 2.83. The summed E-state index contributed by atoms with van der Waals surface area (Å²) in [6, 6.07) is 5.54. The van der Waals surface area contributed by atoms with Gasteiger partial charge in [-0.1, -0.05) is 17.8 Å². The van der Waals surface area contributed by atoms with Crippen molar-refractivity contribution >= 4 is 17.7 Å². The summed E-state index contributed by atoms with van der Waals surface area (Å²) in [5.41, 5.74) is -0.389. The molecule has 7 nitrogen and oxygen atoms in total. The smallest absolute Gasteiger partial charge is 0.340 e. The van der Waals surface area contributed by atoms with E-state index in [-0.39, 0.29) is 23.4 Å². The maximum atomic E-state index is 11.8. The number of aromatic nitrogens is 4. The van der Waals surface area contributed by atoms with Gasteiger partial charge in [0.1, 0.15) is 5.82 Å². The fraction of sp³-hybridized carbons (Fsp3) is 0.273.